The number of carbonyl (C=O) groups excluding carboxylic acids is 6. The number of methoxy groups -OCH3 is 3. The molecule has 21 heteroatoms. The zero-order valence-electron chi connectivity index (χ0n) is 47.7. The average molecular weight is 1120 g/mol. The number of rotatable bonds is 9. The summed E-state index contributed by atoms with van der Waals surface area (Å²) in [6, 6.07) is -1.24. The number of hydrogen-bond donors (Lipinski definition) is 6. The van der Waals surface area contributed by atoms with Crippen molar-refractivity contribution in [3.05, 3.63) is 47.6 Å². The van der Waals surface area contributed by atoms with Crippen molar-refractivity contribution in [2.45, 2.75) is 211 Å². The molecule has 2 bridgehead atoms. The number of nitrogens with zero attached hydrogens (tertiary/aromatic N) is 1. The lowest BCUT2D eigenvalue weighted by atomic mass is 9.78. The third kappa shape index (κ3) is 16.9. The Morgan fingerprint density at radius 1 is 0.810 bits per heavy atom. The van der Waals surface area contributed by atoms with E-state index >= 15 is 0 Å². The molecule has 3 saturated heterocycles. The quantitative estimate of drug-likeness (QED) is 0.107. The summed E-state index contributed by atoms with van der Waals surface area (Å²) in [6.07, 6.45) is -1.03. The van der Waals surface area contributed by atoms with E-state index in [1.807, 2.05) is 51.2 Å². The van der Waals surface area contributed by atoms with Crippen LogP contribution >= 0.6 is 0 Å². The van der Waals surface area contributed by atoms with Gasteiger partial charge in [-0.25, -0.2) is 9.59 Å². The molecule has 446 valence electrons. The first-order chi connectivity index (χ1) is 37.4. The molecule has 2 unspecified atom stereocenters. The zero-order chi connectivity index (χ0) is 58.5. The van der Waals surface area contributed by atoms with Gasteiger partial charge in [-0.15, -0.1) is 0 Å². The zero-order valence-corrected chi connectivity index (χ0v) is 47.7. The van der Waals surface area contributed by atoms with Crippen LogP contribution in [0.15, 0.2) is 47.6 Å². The number of aliphatic hydroxyl groups is 6. The van der Waals surface area contributed by atoms with E-state index in [0.29, 0.717) is 56.9 Å². The number of ether oxygens (including phenoxy) is 8. The number of ketones is 3. The topological polar surface area (TPSA) is 301 Å². The van der Waals surface area contributed by atoms with E-state index in [1.165, 1.54) is 14.2 Å². The molecule has 21 nitrogen and oxygen atoms in total. The minimum atomic E-state index is -2.50. The standard InChI is InChI=1S/C58H89NO20/c1-31-16-12-11-13-17-32(2)43(72-8)28-39-21-19-37(7)58(71,79-39)53(67)54(68)59-23-15-14-18-40(59)55(69)75-44(29-41(61)33(3)25-36(6)48(63)52(74-10)47(62)35(5)24-31)34(4)26-38-20-22-42(45(27-38)73-9)77-57(70)78-56-51(66)50(65)49(64)46(30-60)76-56/h11-13,16-17,25,31,33-35,37-40,42-46,48-52,56,60,63-66,71H,14-15,18-24,26-30H2,1-10H3/b13-11+,16-12-,32-17+,36-25+/t31-,33-,34-,35+,37-,38-,39+,40?,42-,43+,44+,45-,46-,48-,49-,50-,51-,52+,56?,58-/m1/s1. The maximum Gasteiger partial charge on any atom is 0.511 e. The molecule has 4 heterocycles. The van der Waals surface area contributed by atoms with E-state index in [1.54, 1.807) is 40.9 Å². The molecule has 0 aromatic carbocycles. The number of allylic oxidation sites excluding steroid dienone is 6. The number of amides is 1. The summed E-state index contributed by atoms with van der Waals surface area (Å²) >= 11 is 0. The van der Waals surface area contributed by atoms with Crippen LogP contribution in [0.1, 0.15) is 126 Å². The van der Waals surface area contributed by atoms with Crippen LogP contribution in [0.2, 0.25) is 0 Å². The van der Waals surface area contributed by atoms with Crippen LogP contribution in [-0.2, 0) is 61.9 Å². The van der Waals surface area contributed by atoms with Gasteiger partial charge in [-0.05, 0) is 107 Å². The molecule has 79 heavy (non-hydrogen) atoms. The summed E-state index contributed by atoms with van der Waals surface area (Å²) in [5.41, 5.74) is 1.17. The van der Waals surface area contributed by atoms with Crippen molar-refractivity contribution < 1.29 is 97.3 Å². The highest BCUT2D eigenvalue weighted by atomic mass is 16.8. The second-order valence-electron chi connectivity index (χ2n) is 22.7. The van der Waals surface area contributed by atoms with E-state index < -0.39 is 139 Å². The normalized spacial score (nSPS) is 41.1. The second-order valence-corrected chi connectivity index (χ2v) is 22.7. The summed E-state index contributed by atoms with van der Waals surface area (Å²) in [5.74, 6) is -9.07. The van der Waals surface area contributed by atoms with Crippen molar-refractivity contribution in [2.75, 3.05) is 34.5 Å². The number of carbonyl (C=O) groups is 6. The van der Waals surface area contributed by atoms with Gasteiger partial charge in [-0.1, -0.05) is 71.1 Å². The number of piperidine rings is 1. The minimum Gasteiger partial charge on any atom is -0.460 e. The fourth-order valence-corrected chi connectivity index (χ4v) is 11.6. The molecule has 1 saturated carbocycles. The highest BCUT2D eigenvalue weighted by Gasteiger charge is 2.53. The third-order valence-corrected chi connectivity index (χ3v) is 16.8. The van der Waals surface area contributed by atoms with Gasteiger partial charge in [0.1, 0.15) is 60.7 Å². The van der Waals surface area contributed by atoms with Crippen molar-refractivity contribution in [1.82, 2.24) is 4.90 Å². The van der Waals surface area contributed by atoms with Gasteiger partial charge >= 0.3 is 12.1 Å². The Morgan fingerprint density at radius 3 is 2.20 bits per heavy atom. The molecule has 0 aromatic rings. The lowest BCUT2D eigenvalue weighted by molar-refractivity contribution is -0.290. The van der Waals surface area contributed by atoms with Crippen LogP contribution in [-0.4, -0.2) is 191 Å². The van der Waals surface area contributed by atoms with E-state index in [4.69, 9.17) is 37.9 Å². The van der Waals surface area contributed by atoms with Crippen molar-refractivity contribution in [2.24, 2.45) is 35.5 Å². The van der Waals surface area contributed by atoms with Gasteiger partial charge in [-0.3, -0.25) is 19.2 Å². The van der Waals surface area contributed by atoms with Crippen molar-refractivity contribution in [1.29, 1.82) is 0 Å². The van der Waals surface area contributed by atoms with Crippen molar-refractivity contribution in [3.8, 4) is 0 Å². The van der Waals surface area contributed by atoms with Gasteiger partial charge in [0.15, 0.2) is 5.78 Å². The SMILES string of the molecule is CO[C@H]1C[C@@H]2CC[C@@H](C)[C@@](O)(O2)C(=O)C(=O)N2CCCCC2C(=O)O[C@H]([C@H](C)C[C@H]2CC[C@@H](OC(=O)OC3O[C@H](CO)[C@@H](O)[C@@H](O)[C@H]3O)[C@H](OC)C2)CC(=O)[C@H](C)/C=C(\C)[C@@H](O)[C@@H](OC)C(=O)[C@@H](C)C[C@H](C)\C=C/C=C/C=C/1C. The average Bonchev–Trinajstić information content (AvgIpc) is 3.42. The molecule has 4 fully saturated rings. The maximum absolute atomic E-state index is 14.6. The van der Waals surface area contributed by atoms with Gasteiger partial charge in [0.05, 0.1) is 24.9 Å². The Morgan fingerprint density at radius 2 is 1.53 bits per heavy atom. The number of esters is 1. The summed E-state index contributed by atoms with van der Waals surface area (Å²) in [7, 11) is 4.33. The Bertz CT molecular complexity index is 2190. The van der Waals surface area contributed by atoms with Crippen molar-refractivity contribution in [3.63, 3.8) is 0 Å². The first kappa shape index (κ1) is 65.5. The molecule has 5 rings (SSSR count). The predicted molar refractivity (Wildman–Crippen MR) is 284 cm³/mol. The third-order valence-electron chi connectivity index (χ3n) is 16.8. The monoisotopic (exact) mass is 1120 g/mol. The first-order valence-corrected chi connectivity index (χ1v) is 28.1. The number of hydrogen-bond acceptors (Lipinski definition) is 20. The molecule has 20 atom stereocenters. The molecule has 0 radical (unpaired) electrons. The van der Waals surface area contributed by atoms with Crippen LogP contribution < -0.4 is 0 Å². The Kier molecular flexibility index (Phi) is 25.0. The molecule has 0 spiro atoms. The number of fused-ring (bicyclic) bond motifs is 3. The smallest absolute Gasteiger partial charge is 0.460 e. The molecule has 5 aliphatic rings. The molecule has 4 aliphatic heterocycles. The summed E-state index contributed by atoms with van der Waals surface area (Å²) in [5, 5.41) is 63.8. The Hall–Kier alpha value is -4.26. The highest BCUT2D eigenvalue weighted by molar-refractivity contribution is 6.39. The molecule has 6 N–H and O–H groups in total. The largest absolute Gasteiger partial charge is 0.511 e. The lowest BCUT2D eigenvalue weighted by Crippen LogP contribution is -2.61. The summed E-state index contributed by atoms with van der Waals surface area (Å²) < 4.78 is 45.7. The van der Waals surface area contributed by atoms with Gasteiger partial charge in [0, 0.05) is 58.5 Å². The van der Waals surface area contributed by atoms with Crippen LogP contribution in [0.3, 0.4) is 0 Å². The fraction of sp³-hybridized carbons (Fsp3) is 0.759. The van der Waals surface area contributed by atoms with E-state index in [0.717, 1.165) is 10.5 Å². The minimum absolute atomic E-state index is 0.0156. The van der Waals surface area contributed by atoms with Gasteiger partial charge in [-0.2, -0.15) is 0 Å². The number of cyclic esters (lactones) is 1. The number of aliphatic hydroxyl groups excluding tert-OH is 5. The van der Waals surface area contributed by atoms with Crippen LogP contribution in [0.4, 0.5) is 4.79 Å². The molecular weight excluding hydrogens is 1030 g/mol. The first-order valence-electron chi connectivity index (χ1n) is 28.1. The van der Waals surface area contributed by atoms with E-state index in [2.05, 4.69) is 0 Å². The van der Waals surface area contributed by atoms with Crippen molar-refractivity contribution >= 4 is 35.4 Å². The second kappa shape index (κ2) is 30.2. The number of Topliss-reactive ketones (excluding diaryl/α,β-unsaturated/α-hetero) is 3. The predicted octanol–water partition coefficient (Wildman–Crippen LogP) is 4.14. The van der Waals surface area contributed by atoms with Gasteiger partial charge < -0.3 is 73.4 Å². The Balaban J connectivity index is 1.41. The van der Waals surface area contributed by atoms with E-state index in [9.17, 15) is 59.4 Å². The fourth-order valence-electron chi connectivity index (χ4n) is 11.6. The van der Waals surface area contributed by atoms with Crippen LogP contribution in [0.5, 0.6) is 0 Å². The van der Waals surface area contributed by atoms with Crippen LogP contribution in [0.25, 0.3) is 0 Å². The van der Waals surface area contributed by atoms with Gasteiger partial charge in [0.2, 0.25) is 12.1 Å². The molecule has 0 aromatic heterocycles. The highest BCUT2D eigenvalue weighted by Crippen LogP contribution is 2.38. The molecule has 1 amide bonds. The molecule has 1 aliphatic carbocycles. The molecular formula is C58H89NO20. The van der Waals surface area contributed by atoms with Crippen LogP contribution in [0, 0.1) is 35.5 Å². The summed E-state index contributed by atoms with van der Waals surface area (Å²) in [6.45, 7) is 11.6. The maximum atomic E-state index is 14.6. The van der Waals surface area contributed by atoms with E-state index in [-0.39, 0.29) is 55.6 Å². The lowest BCUT2D eigenvalue weighted by Gasteiger charge is -2.42. The Labute approximate surface area is 464 Å². The summed E-state index contributed by atoms with van der Waals surface area (Å²) in [4.78, 5) is 85.6. The van der Waals surface area contributed by atoms with Gasteiger partial charge in [0.25, 0.3) is 11.7 Å².